The summed E-state index contributed by atoms with van der Waals surface area (Å²) in [5.74, 6) is 1.14. The number of nitrogens with one attached hydrogen (secondary N) is 1. The summed E-state index contributed by atoms with van der Waals surface area (Å²) in [6.45, 7) is 2.10. The molecular weight excluding hydrogens is 188 g/mol. The Hall–Kier alpha value is -0.830. The van der Waals surface area contributed by atoms with Gasteiger partial charge >= 0.3 is 0 Å². The van der Waals surface area contributed by atoms with Crippen molar-refractivity contribution in [3.8, 4) is 0 Å². The average molecular weight is 208 g/mol. The molecule has 1 N–H and O–H groups in total. The predicted molar refractivity (Wildman–Crippen MR) is 60.0 cm³/mol. The molecule has 0 spiro atoms. The van der Waals surface area contributed by atoms with Crippen LogP contribution in [0.5, 0.6) is 0 Å². The first kappa shape index (κ1) is 10.7. The third kappa shape index (κ3) is 2.59. The van der Waals surface area contributed by atoms with Gasteiger partial charge < -0.3 is 9.72 Å². The summed E-state index contributed by atoms with van der Waals surface area (Å²) < 4.78 is 5.23. The Labute approximate surface area is 91.3 Å². The molecule has 2 rings (SSSR count). The molecule has 0 saturated heterocycles. The number of nitrogens with zero attached hydrogens (tertiary/aromatic N) is 1. The van der Waals surface area contributed by atoms with E-state index in [2.05, 4.69) is 16.9 Å². The lowest BCUT2D eigenvalue weighted by Crippen LogP contribution is -2.06. The lowest BCUT2D eigenvalue weighted by Gasteiger charge is -2.07. The first-order valence-electron chi connectivity index (χ1n) is 5.89. The fourth-order valence-corrected chi connectivity index (χ4v) is 2.09. The van der Waals surface area contributed by atoms with Crippen LogP contribution < -0.4 is 0 Å². The highest BCUT2D eigenvalue weighted by atomic mass is 16.5. The molecule has 1 atom stereocenters. The number of H-pyrrole nitrogens is 1. The predicted octanol–water partition coefficient (Wildman–Crippen LogP) is 2.26. The van der Waals surface area contributed by atoms with E-state index in [1.165, 1.54) is 30.7 Å². The van der Waals surface area contributed by atoms with Gasteiger partial charge in [-0.2, -0.15) is 0 Å². The highest BCUT2D eigenvalue weighted by Crippen LogP contribution is 2.19. The van der Waals surface area contributed by atoms with Crippen LogP contribution in [0.2, 0.25) is 0 Å². The van der Waals surface area contributed by atoms with Crippen LogP contribution in [-0.2, 0) is 24.0 Å². The molecule has 0 fully saturated rings. The van der Waals surface area contributed by atoms with Gasteiger partial charge in [0.1, 0.15) is 5.82 Å². The second kappa shape index (κ2) is 4.79. The number of aromatic nitrogens is 2. The molecule has 0 radical (unpaired) electrons. The number of methoxy groups -OCH3 is 1. The molecule has 1 aromatic heterocycles. The average Bonchev–Trinajstić information content (AvgIpc) is 2.68. The van der Waals surface area contributed by atoms with Crippen LogP contribution in [0.1, 0.15) is 43.4 Å². The molecule has 0 bridgehead atoms. The third-order valence-electron chi connectivity index (χ3n) is 3.19. The Morgan fingerprint density at radius 1 is 1.40 bits per heavy atom. The van der Waals surface area contributed by atoms with Crippen molar-refractivity contribution in [1.29, 1.82) is 0 Å². The topological polar surface area (TPSA) is 37.9 Å². The van der Waals surface area contributed by atoms with Crippen molar-refractivity contribution in [3.05, 3.63) is 17.2 Å². The normalized spacial score (nSPS) is 17.5. The zero-order valence-corrected chi connectivity index (χ0v) is 9.68. The summed E-state index contributed by atoms with van der Waals surface area (Å²) in [6.07, 6.45) is 7.32. The van der Waals surface area contributed by atoms with Crippen molar-refractivity contribution in [2.24, 2.45) is 0 Å². The van der Waals surface area contributed by atoms with Crippen LogP contribution in [-0.4, -0.2) is 23.2 Å². The van der Waals surface area contributed by atoms with Crippen molar-refractivity contribution in [1.82, 2.24) is 9.97 Å². The van der Waals surface area contributed by atoms with Crippen LogP contribution in [0.25, 0.3) is 0 Å². The minimum Gasteiger partial charge on any atom is -0.382 e. The zero-order chi connectivity index (χ0) is 10.7. The Morgan fingerprint density at radius 3 is 2.93 bits per heavy atom. The first-order chi connectivity index (χ1) is 7.29. The van der Waals surface area contributed by atoms with E-state index in [4.69, 9.17) is 4.74 Å². The Bertz CT molecular complexity index is 296. The molecule has 0 aliphatic heterocycles. The summed E-state index contributed by atoms with van der Waals surface area (Å²) in [6, 6.07) is 0. The van der Waals surface area contributed by atoms with E-state index in [9.17, 15) is 0 Å². The standard InChI is InChI=1S/C12H20N2O/c1-9(15-2)7-8-12-13-10-5-3-4-6-11(10)14-12/h9H,3-8H2,1-2H3,(H,13,14). The molecule has 15 heavy (non-hydrogen) atoms. The molecule has 0 saturated carbocycles. The van der Waals surface area contributed by atoms with E-state index in [0.29, 0.717) is 6.10 Å². The van der Waals surface area contributed by atoms with Crippen molar-refractivity contribution < 1.29 is 4.74 Å². The maximum Gasteiger partial charge on any atom is 0.106 e. The van der Waals surface area contributed by atoms with E-state index in [-0.39, 0.29) is 0 Å². The zero-order valence-electron chi connectivity index (χ0n) is 9.68. The lowest BCUT2D eigenvalue weighted by molar-refractivity contribution is 0.111. The van der Waals surface area contributed by atoms with Crippen LogP contribution in [0.3, 0.4) is 0 Å². The molecule has 84 valence electrons. The van der Waals surface area contributed by atoms with Gasteiger partial charge in [-0.15, -0.1) is 0 Å². The van der Waals surface area contributed by atoms with E-state index in [1.54, 1.807) is 7.11 Å². The largest absolute Gasteiger partial charge is 0.382 e. The highest BCUT2D eigenvalue weighted by Gasteiger charge is 2.14. The number of aryl methyl sites for hydroxylation is 3. The lowest BCUT2D eigenvalue weighted by atomic mass is 10.0. The van der Waals surface area contributed by atoms with Crippen LogP contribution in [0, 0.1) is 0 Å². The van der Waals surface area contributed by atoms with Gasteiger partial charge in [0, 0.05) is 19.2 Å². The third-order valence-corrected chi connectivity index (χ3v) is 3.19. The fraction of sp³-hybridized carbons (Fsp3) is 0.750. The number of imidazole rings is 1. The summed E-state index contributed by atoms with van der Waals surface area (Å²) in [4.78, 5) is 8.09. The second-order valence-corrected chi connectivity index (χ2v) is 4.40. The molecule has 1 aliphatic rings. The van der Waals surface area contributed by atoms with E-state index in [1.807, 2.05) is 0 Å². The molecule has 1 heterocycles. The molecule has 0 amide bonds. The number of ether oxygens (including phenoxy) is 1. The highest BCUT2D eigenvalue weighted by molar-refractivity contribution is 5.17. The second-order valence-electron chi connectivity index (χ2n) is 4.40. The van der Waals surface area contributed by atoms with Gasteiger partial charge in [0.2, 0.25) is 0 Å². The SMILES string of the molecule is COC(C)CCc1nc2c([nH]1)CCCC2. The van der Waals surface area contributed by atoms with Gasteiger partial charge in [-0.25, -0.2) is 4.98 Å². The number of rotatable bonds is 4. The van der Waals surface area contributed by atoms with Crippen LogP contribution >= 0.6 is 0 Å². The van der Waals surface area contributed by atoms with Gasteiger partial charge in [0.15, 0.2) is 0 Å². The number of hydrogen-bond acceptors (Lipinski definition) is 2. The quantitative estimate of drug-likeness (QED) is 0.824. The van der Waals surface area contributed by atoms with Crippen molar-refractivity contribution in [2.45, 2.75) is 51.6 Å². The van der Waals surface area contributed by atoms with Gasteiger partial charge in [0.25, 0.3) is 0 Å². The number of fused-ring (bicyclic) bond motifs is 1. The maximum atomic E-state index is 5.23. The minimum atomic E-state index is 0.326. The summed E-state index contributed by atoms with van der Waals surface area (Å²) in [5.41, 5.74) is 2.68. The molecule has 1 unspecified atom stereocenters. The molecule has 1 aliphatic carbocycles. The van der Waals surface area contributed by atoms with Crippen LogP contribution in [0.15, 0.2) is 0 Å². The van der Waals surface area contributed by atoms with Gasteiger partial charge in [-0.05, 0) is 39.0 Å². The summed E-state index contributed by atoms with van der Waals surface area (Å²) in [5, 5.41) is 0. The molecule has 0 aromatic carbocycles. The van der Waals surface area contributed by atoms with Crippen molar-refractivity contribution in [2.75, 3.05) is 7.11 Å². The van der Waals surface area contributed by atoms with Crippen molar-refractivity contribution >= 4 is 0 Å². The van der Waals surface area contributed by atoms with E-state index in [0.717, 1.165) is 25.1 Å². The van der Waals surface area contributed by atoms with E-state index < -0.39 is 0 Å². The monoisotopic (exact) mass is 208 g/mol. The molecular formula is C12H20N2O. The van der Waals surface area contributed by atoms with Gasteiger partial charge in [-0.3, -0.25) is 0 Å². The molecule has 1 aromatic rings. The van der Waals surface area contributed by atoms with Gasteiger partial charge in [0.05, 0.1) is 11.8 Å². The number of aromatic amines is 1. The Balaban J connectivity index is 1.94. The summed E-state index contributed by atoms with van der Waals surface area (Å²) >= 11 is 0. The molecule has 3 heteroatoms. The summed E-state index contributed by atoms with van der Waals surface area (Å²) in [7, 11) is 1.76. The first-order valence-corrected chi connectivity index (χ1v) is 5.89. The Morgan fingerprint density at radius 2 is 2.20 bits per heavy atom. The van der Waals surface area contributed by atoms with E-state index >= 15 is 0 Å². The Kier molecular flexibility index (Phi) is 3.41. The van der Waals surface area contributed by atoms with Gasteiger partial charge in [-0.1, -0.05) is 0 Å². The van der Waals surface area contributed by atoms with Crippen LogP contribution in [0.4, 0.5) is 0 Å². The fourth-order valence-electron chi connectivity index (χ4n) is 2.09. The smallest absolute Gasteiger partial charge is 0.106 e. The van der Waals surface area contributed by atoms with Crippen molar-refractivity contribution in [3.63, 3.8) is 0 Å². The molecule has 3 nitrogen and oxygen atoms in total. The maximum absolute atomic E-state index is 5.23. The number of hydrogen-bond donors (Lipinski definition) is 1. The minimum absolute atomic E-state index is 0.326.